The van der Waals surface area contributed by atoms with Gasteiger partial charge in [0.25, 0.3) is 0 Å². The van der Waals surface area contributed by atoms with E-state index in [1.807, 2.05) is 12.3 Å². The number of fused-ring (bicyclic) bond motifs is 1. The summed E-state index contributed by atoms with van der Waals surface area (Å²) in [5.41, 5.74) is 3.21. The van der Waals surface area contributed by atoms with E-state index < -0.39 is 5.97 Å². The molecule has 0 atom stereocenters. The zero-order valence-corrected chi connectivity index (χ0v) is 21.1. The maximum absolute atomic E-state index is 13.7. The lowest BCUT2D eigenvalue weighted by Crippen LogP contribution is -2.13. The normalized spacial score (nSPS) is 11.8. The molecule has 0 saturated carbocycles. The molecular weight excluding hydrogens is 488 g/mol. The summed E-state index contributed by atoms with van der Waals surface area (Å²) < 4.78 is 24.7. The van der Waals surface area contributed by atoms with Gasteiger partial charge in [-0.05, 0) is 59.3 Å². The van der Waals surface area contributed by atoms with Crippen LogP contribution in [0.25, 0.3) is 16.6 Å². The number of ketones is 1. The number of aliphatic carboxylic acids is 1. The highest BCUT2D eigenvalue weighted by Gasteiger charge is 2.26. The van der Waals surface area contributed by atoms with Crippen molar-refractivity contribution in [3.8, 4) is 17.2 Å². The van der Waals surface area contributed by atoms with Crippen molar-refractivity contribution in [2.24, 2.45) is 0 Å². The molecule has 0 bridgehead atoms. The lowest BCUT2D eigenvalue weighted by molar-refractivity contribution is -0.130. The van der Waals surface area contributed by atoms with Crippen molar-refractivity contribution in [3.05, 3.63) is 68.9 Å². The van der Waals surface area contributed by atoms with Crippen LogP contribution in [0.2, 0.25) is 0 Å². The van der Waals surface area contributed by atoms with Crippen LogP contribution in [0.5, 0.6) is 17.2 Å². The Morgan fingerprint density at radius 2 is 1.63 bits per heavy atom. The molecule has 4 aromatic rings. The minimum absolute atomic E-state index is 0.0292. The monoisotopic (exact) mass is 510 g/mol. The Hall–Kier alpha value is -3.76. The number of allylic oxidation sites excluding steroid dienone is 1. The molecule has 180 valence electrons. The van der Waals surface area contributed by atoms with E-state index in [-0.39, 0.29) is 23.4 Å². The third-order valence-corrected chi connectivity index (χ3v) is 7.00. The van der Waals surface area contributed by atoms with Gasteiger partial charge in [-0.25, -0.2) is 4.79 Å². The van der Waals surface area contributed by atoms with Crippen molar-refractivity contribution >= 4 is 51.4 Å². The number of carboxylic acid groups (broad SMARTS) is 1. The molecule has 0 spiro atoms. The summed E-state index contributed by atoms with van der Waals surface area (Å²) in [5.74, 6) is -0.341. The standard InChI is InChI=1S/C25H22N2O6S2/c1-13-7-21(34-12-13)23(28)16(8-14-9-19(31-2)24(33-4)20(10-14)32-3)22(25(29)30)15-5-6-17-18(11-15)27-35-26-17/h5-7,9-12H,8H2,1-4H3,(H,29,30). The molecule has 2 aromatic heterocycles. The van der Waals surface area contributed by atoms with Crippen molar-refractivity contribution in [1.29, 1.82) is 0 Å². The molecule has 0 radical (unpaired) electrons. The molecule has 1 N–H and O–H groups in total. The number of carbonyl (C=O) groups is 2. The van der Waals surface area contributed by atoms with Crippen LogP contribution in [-0.4, -0.2) is 46.9 Å². The molecule has 35 heavy (non-hydrogen) atoms. The number of methoxy groups -OCH3 is 3. The zero-order valence-electron chi connectivity index (χ0n) is 19.4. The van der Waals surface area contributed by atoms with Crippen LogP contribution in [0, 0.1) is 6.92 Å². The number of aromatic nitrogens is 2. The molecule has 0 aliphatic heterocycles. The van der Waals surface area contributed by atoms with E-state index in [1.54, 1.807) is 36.4 Å². The Labute approximate surface area is 209 Å². The number of carboxylic acids is 1. The minimum Gasteiger partial charge on any atom is -0.493 e. The van der Waals surface area contributed by atoms with Crippen LogP contribution in [0.4, 0.5) is 0 Å². The van der Waals surface area contributed by atoms with Crippen molar-refractivity contribution < 1.29 is 28.9 Å². The van der Waals surface area contributed by atoms with E-state index in [0.717, 1.165) is 17.3 Å². The first kappa shape index (κ1) is 24.4. The molecule has 0 fully saturated rings. The second-order valence-electron chi connectivity index (χ2n) is 7.65. The Kier molecular flexibility index (Phi) is 7.13. The number of rotatable bonds is 9. The van der Waals surface area contributed by atoms with Crippen molar-refractivity contribution in [2.75, 3.05) is 21.3 Å². The number of Topliss-reactive ketones (excluding diaryl/α,β-unsaturated/α-hetero) is 1. The highest BCUT2D eigenvalue weighted by atomic mass is 32.1. The predicted molar refractivity (Wildman–Crippen MR) is 135 cm³/mol. The largest absolute Gasteiger partial charge is 0.493 e. The van der Waals surface area contributed by atoms with E-state index in [1.165, 1.54) is 32.7 Å². The first-order chi connectivity index (χ1) is 16.9. The summed E-state index contributed by atoms with van der Waals surface area (Å²) in [4.78, 5) is 26.7. The summed E-state index contributed by atoms with van der Waals surface area (Å²) in [6.07, 6.45) is 0.0292. The molecule has 4 rings (SSSR count). The molecule has 0 unspecified atom stereocenters. The number of hydrogen-bond donors (Lipinski definition) is 1. The molecule has 0 aliphatic carbocycles. The SMILES string of the molecule is COc1cc(CC(C(=O)c2cc(C)cs2)=C(C(=O)O)c2ccc3nsnc3c2)cc(OC)c1OC. The second-order valence-corrected chi connectivity index (χ2v) is 9.09. The van der Waals surface area contributed by atoms with Gasteiger partial charge in [0.1, 0.15) is 11.0 Å². The highest BCUT2D eigenvalue weighted by Crippen LogP contribution is 2.39. The van der Waals surface area contributed by atoms with Crippen LogP contribution in [0.3, 0.4) is 0 Å². The van der Waals surface area contributed by atoms with Gasteiger partial charge in [-0.3, -0.25) is 4.79 Å². The number of aryl methyl sites for hydroxylation is 1. The maximum atomic E-state index is 13.7. The van der Waals surface area contributed by atoms with E-state index in [2.05, 4.69) is 8.75 Å². The maximum Gasteiger partial charge on any atom is 0.336 e. The molecule has 0 amide bonds. The number of carbonyl (C=O) groups excluding carboxylic acids is 1. The topological polar surface area (TPSA) is 108 Å². The molecule has 0 aliphatic rings. The molecular formula is C25H22N2O6S2. The lowest BCUT2D eigenvalue weighted by atomic mass is 9.91. The molecule has 10 heteroatoms. The van der Waals surface area contributed by atoms with E-state index in [0.29, 0.717) is 44.3 Å². The predicted octanol–water partition coefficient (Wildman–Crippen LogP) is 5.05. The average molecular weight is 511 g/mol. The van der Waals surface area contributed by atoms with E-state index in [4.69, 9.17) is 14.2 Å². The molecule has 2 aromatic carbocycles. The molecule has 2 heterocycles. The number of ether oxygens (including phenoxy) is 3. The van der Waals surface area contributed by atoms with Crippen LogP contribution in [0.1, 0.15) is 26.4 Å². The Balaban J connectivity index is 1.93. The number of nitrogens with zero attached hydrogens (tertiary/aromatic N) is 2. The third kappa shape index (κ3) is 4.89. The summed E-state index contributed by atoms with van der Waals surface area (Å²) in [5, 5.41) is 12.1. The summed E-state index contributed by atoms with van der Waals surface area (Å²) in [6.45, 7) is 1.89. The van der Waals surface area contributed by atoms with Crippen molar-refractivity contribution in [3.63, 3.8) is 0 Å². The first-order valence-electron chi connectivity index (χ1n) is 10.4. The highest BCUT2D eigenvalue weighted by molar-refractivity contribution is 7.12. The summed E-state index contributed by atoms with van der Waals surface area (Å²) in [7, 11) is 4.49. The van der Waals surface area contributed by atoms with E-state index in [9.17, 15) is 14.7 Å². The van der Waals surface area contributed by atoms with Crippen molar-refractivity contribution in [1.82, 2.24) is 8.75 Å². The fourth-order valence-corrected chi connectivity index (χ4v) is 5.17. The Morgan fingerprint density at radius 3 is 2.20 bits per heavy atom. The van der Waals surface area contributed by atoms with E-state index >= 15 is 0 Å². The fourth-order valence-electron chi connectivity index (χ4n) is 3.79. The smallest absolute Gasteiger partial charge is 0.336 e. The van der Waals surface area contributed by atoms with Gasteiger partial charge in [-0.2, -0.15) is 8.75 Å². The van der Waals surface area contributed by atoms with Crippen LogP contribution >= 0.6 is 23.1 Å². The summed E-state index contributed by atoms with van der Waals surface area (Å²) in [6, 6.07) is 10.2. The number of thiophene rings is 1. The first-order valence-corrected chi connectivity index (χ1v) is 12.0. The molecule has 8 nitrogen and oxygen atoms in total. The van der Waals surface area contributed by atoms with Gasteiger partial charge in [-0.1, -0.05) is 6.07 Å². The van der Waals surface area contributed by atoms with Gasteiger partial charge in [0, 0.05) is 12.0 Å². The lowest BCUT2D eigenvalue weighted by Gasteiger charge is -2.16. The van der Waals surface area contributed by atoms with Gasteiger partial charge in [-0.15, -0.1) is 11.3 Å². The number of benzene rings is 2. The fraction of sp³-hybridized carbons (Fsp3) is 0.200. The minimum atomic E-state index is -1.21. The van der Waals surface area contributed by atoms with Gasteiger partial charge >= 0.3 is 5.97 Å². The molecule has 0 saturated heterocycles. The summed E-state index contributed by atoms with van der Waals surface area (Å²) >= 11 is 2.32. The Bertz CT molecular complexity index is 1430. The van der Waals surface area contributed by atoms with Crippen LogP contribution in [-0.2, 0) is 11.2 Å². The van der Waals surface area contributed by atoms with Crippen LogP contribution in [0.15, 0.2) is 47.4 Å². The zero-order chi connectivity index (χ0) is 25.1. The average Bonchev–Trinajstić information content (AvgIpc) is 3.50. The van der Waals surface area contributed by atoms with Gasteiger partial charge in [0.2, 0.25) is 5.75 Å². The van der Waals surface area contributed by atoms with Gasteiger partial charge in [0.05, 0.1) is 43.5 Å². The van der Waals surface area contributed by atoms with Crippen LogP contribution < -0.4 is 14.2 Å². The van der Waals surface area contributed by atoms with Gasteiger partial charge in [0.15, 0.2) is 17.3 Å². The quantitative estimate of drug-likeness (QED) is 0.246. The second kappa shape index (κ2) is 10.2. The van der Waals surface area contributed by atoms with Gasteiger partial charge < -0.3 is 19.3 Å². The van der Waals surface area contributed by atoms with Crippen molar-refractivity contribution in [2.45, 2.75) is 13.3 Å². The third-order valence-electron chi connectivity index (χ3n) is 5.39. The number of hydrogen-bond acceptors (Lipinski definition) is 9. The Morgan fingerprint density at radius 1 is 0.943 bits per heavy atom.